The number of hydrogen-bond donors (Lipinski definition) is 1. The molecule has 9 nitrogen and oxygen atoms in total. The van der Waals surface area contributed by atoms with Crippen LogP contribution in [0, 0.1) is 17.8 Å². The molecule has 2 aromatic heterocycles. The molecule has 3 aliphatic rings. The van der Waals surface area contributed by atoms with Crippen LogP contribution in [-0.2, 0) is 4.79 Å². The van der Waals surface area contributed by atoms with Gasteiger partial charge in [0.05, 0.1) is 11.4 Å². The second kappa shape index (κ2) is 11.4. The summed E-state index contributed by atoms with van der Waals surface area (Å²) in [5.74, 6) is 3.23. The molecule has 3 aromatic rings. The molecule has 5 atom stereocenters. The molecule has 3 heterocycles. The van der Waals surface area contributed by atoms with Gasteiger partial charge in [0.15, 0.2) is 5.65 Å². The molecule has 1 aliphatic heterocycles. The summed E-state index contributed by atoms with van der Waals surface area (Å²) in [6, 6.07) is 9.26. The van der Waals surface area contributed by atoms with E-state index in [1.807, 2.05) is 18.7 Å². The highest BCUT2D eigenvalue weighted by molar-refractivity contribution is 5.87. The van der Waals surface area contributed by atoms with Crippen molar-refractivity contribution in [2.45, 2.75) is 64.6 Å². The normalized spacial score (nSPS) is 23.8. The second-order valence-electron chi connectivity index (χ2n) is 12.3. The van der Waals surface area contributed by atoms with E-state index in [9.17, 15) is 9.59 Å². The van der Waals surface area contributed by atoms with Gasteiger partial charge in [0.2, 0.25) is 11.9 Å². The van der Waals surface area contributed by atoms with Gasteiger partial charge in [0, 0.05) is 50.7 Å². The van der Waals surface area contributed by atoms with E-state index < -0.39 is 0 Å². The SMILES string of the molecule is C=CC(=O)N1CCN(C(CC2CC3CCC32)c2ccc([C@H](C)Nc3ncc4cnc(=O)n(C(C)C)c4n3)cc2)CC1. The number of hydrogen-bond acceptors (Lipinski definition) is 7. The van der Waals surface area contributed by atoms with Crippen LogP contribution in [-0.4, -0.2) is 61.4 Å². The van der Waals surface area contributed by atoms with Gasteiger partial charge in [-0.15, -0.1) is 0 Å². The number of anilines is 1. The summed E-state index contributed by atoms with van der Waals surface area (Å²) in [5.41, 5.74) is 2.78. The van der Waals surface area contributed by atoms with E-state index in [0.29, 0.717) is 17.6 Å². The zero-order valence-electron chi connectivity index (χ0n) is 24.4. The molecule has 41 heavy (non-hydrogen) atoms. The van der Waals surface area contributed by atoms with Crippen molar-refractivity contribution in [3.63, 3.8) is 0 Å². The summed E-state index contributed by atoms with van der Waals surface area (Å²) in [7, 11) is 0. The van der Waals surface area contributed by atoms with E-state index >= 15 is 0 Å². The van der Waals surface area contributed by atoms with Gasteiger partial charge in [-0.3, -0.25) is 14.3 Å². The summed E-state index contributed by atoms with van der Waals surface area (Å²) in [4.78, 5) is 42.1. The number of fused-ring (bicyclic) bond motifs is 2. The molecule has 4 unspecified atom stereocenters. The predicted molar refractivity (Wildman–Crippen MR) is 160 cm³/mol. The first-order chi connectivity index (χ1) is 19.8. The average molecular weight is 556 g/mol. The second-order valence-corrected chi connectivity index (χ2v) is 12.3. The van der Waals surface area contributed by atoms with Gasteiger partial charge >= 0.3 is 5.69 Å². The molecule has 2 saturated carbocycles. The first-order valence-electron chi connectivity index (χ1n) is 15.1. The standard InChI is InChI=1S/C32H41N7O2/c1-5-29(40)38-14-12-37(13-15-38)28(17-25-16-24-10-11-27(24)25)23-8-6-22(7-9-23)21(4)35-31-33-18-26-19-34-32(41)39(20(2)3)30(26)36-31/h5-9,18-21,24-25,27-28H,1,10-17H2,2-4H3,(H,33,35,36)/t21-,24?,25?,27?,28?/m0/s1. The summed E-state index contributed by atoms with van der Waals surface area (Å²) < 4.78 is 1.60. The minimum atomic E-state index is -0.307. The van der Waals surface area contributed by atoms with E-state index in [0.717, 1.165) is 54.9 Å². The quantitative estimate of drug-likeness (QED) is 0.381. The van der Waals surface area contributed by atoms with Gasteiger partial charge in [-0.2, -0.15) is 4.98 Å². The minimum absolute atomic E-state index is 0.0168. The summed E-state index contributed by atoms with van der Waals surface area (Å²) in [5, 5.41) is 4.16. The molecule has 216 valence electrons. The van der Waals surface area contributed by atoms with Gasteiger partial charge in [-0.25, -0.2) is 14.8 Å². The minimum Gasteiger partial charge on any atom is -0.348 e. The third-order valence-corrected chi connectivity index (χ3v) is 9.68. The van der Waals surface area contributed by atoms with E-state index in [1.54, 1.807) is 10.8 Å². The Kier molecular flexibility index (Phi) is 7.64. The van der Waals surface area contributed by atoms with E-state index in [-0.39, 0.29) is 23.7 Å². The van der Waals surface area contributed by atoms with Crippen molar-refractivity contribution >= 4 is 22.9 Å². The average Bonchev–Trinajstić information content (AvgIpc) is 2.97. The molecule has 0 bridgehead atoms. The first kappa shape index (κ1) is 27.6. The van der Waals surface area contributed by atoms with Crippen molar-refractivity contribution in [2.75, 3.05) is 31.5 Å². The number of carbonyl (C=O) groups excluding carboxylic acids is 1. The maximum atomic E-state index is 12.4. The molecule has 1 N–H and O–H groups in total. The van der Waals surface area contributed by atoms with E-state index in [1.165, 1.54) is 43.5 Å². The van der Waals surface area contributed by atoms with Crippen LogP contribution in [0.15, 0.2) is 54.1 Å². The van der Waals surface area contributed by atoms with Crippen LogP contribution in [0.3, 0.4) is 0 Å². The Balaban J connectivity index is 1.18. The summed E-state index contributed by atoms with van der Waals surface area (Å²) in [6.45, 7) is 12.9. The lowest BCUT2D eigenvalue weighted by molar-refractivity contribution is -0.128. The lowest BCUT2D eigenvalue weighted by Gasteiger charge is -2.55. The number of benzene rings is 1. The molecular weight excluding hydrogens is 514 g/mol. The molecule has 1 saturated heterocycles. The molecule has 2 aliphatic carbocycles. The van der Waals surface area contributed by atoms with Gasteiger partial charge in [0.25, 0.3) is 0 Å². The third-order valence-electron chi connectivity index (χ3n) is 9.68. The Morgan fingerprint density at radius 2 is 1.76 bits per heavy atom. The van der Waals surface area contributed by atoms with Crippen molar-refractivity contribution in [3.8, 4) is 0 Å². The van der Waals surface area contributed by atoms with E-state index in [2.05, 4.69) is 62.9 Å². The lowest BCUT2D eigenvalue weighted by Crippen LogP contribution is -2.51. The first-order valence-corrected chi connectivity index (χ1v) is 15.1. The van der Waals surface area contributed by atoms with Crippen LogP contribution >= 0.6 is 0 Å². The van der Waals surface area contributed by atoms with Crippen molar-refractivity contribution in [1.82, 2.24) is 29.3 Å². The highest BCUT2D eigenvalue weighted by Crippen LogP contribution is 2.57. The van der Waals surface area contributed by atoms with E-state index in [4.69, 9.17) is 0 Å². The van der Waals surface area contributed by atoms with Crippen LogP contribution in [0.2, 0.25) is 0 Å². The van der Waals surface area contributed by atoms with Gasteiger partial charge in [0.1, 0.15) is 0 Å². The fraction of sp³-hybridized carbons (Fsp3) is 0.531. The van der Waals surface area contributed by atoms with Gasteiger partial charge in [-0.05, 0) is 81.4 Å². The summed E-state index contributed by atoms with van der Waals surface area (Å²) in [6.07, 6.45) is 10.1. The fourth-order valence-corrected chi connectivity index (χ4v) is 7.08. The van der Waals surface area contributed by atoms with Crippen LogP contribution in [0.25, 0.3) is 11.0 Å². The largest absolute Gasteiger partial charge is 0.349 e. The number of nitrogens with zero attached hydrogens (tertiary/aromatic N) is 6. The Morgan fingerprint density at radius 3 is 2.37 bits per heavy atom. The van der Waals surface area contributed by atoms with Crippen LogP contribution in [0.1, 0.15) is 75.7 Å². The zero-order chi connectivity index (χ0) is 28.7. The Hall–Kier alpha value is -3.59. The molecule has 1 amide bonds. The van der Waals surface area contributed by atoms with Gasteiger partial charge in [-0.1, -0.05) is 30.8 Å². The highest BCUT2D eigenvalue weighted by atomic mass is 16.2. The molecule has 6 rings (SSSR count). The predicted octanol–water partition coefficient (Wildman–Crippen LogP) is 4.75. The topological polar surface area (TPSA) is 96.3 Å². The monoisotopic (exact) mass is 555 g/mol. The molecular formula is C32H41N7O2. The number of rotatable bonds is 9. The molecule has 0 radical (unpaired) electrons. The zero-order valence-corrected chi connectivity index (χ0v) is 24.4. The molecule has 3 fully saturated rings. The van der Waals surface area contributed by atoms with Crippen LogP contribution < -0.4 is 11.0 Å². The Bertz CT molecular complexity index is 1480. The maximum absolute atomic E-state index is 12.4. The number of nitrogens with one attached hydrogen (secondary N) is 1. The number of amides is 1. The summed E-state index contributed by atoms with van der Waals surface area (Å²) >= 11 is 0. The number of carbonyl (C=O) groups is 1. The van der Waals surface area contributed by atoms with Gasteiger partial charge < -0.3 is 10.2 Å². The number of aromatic nitrogens is 4. The Labute approximate surface area is 241 Å². The third kappa shape index (κ3) is 5.39. The van der Waals surface area contributed by atoms with Crippen molar-refractivity contribution in [2.24, 2.45) is 17.8 Å². The fourth-order valence-electron chi connectivity index (χ4n) is 7.08. The van der Waals surface area contributed by atoms with Crippen molar-refractivity contribution in [1.29, 1.82) is 0 Å². The molecule has 9 heteroatoms. The van der Waals surface area contributed by atoms with Crippen molar-refractivity contribution < 1.29 is 4.79 Å². The molecule has 0 spiro atoms. The molecule has 1 aromatic carbocycles. The Morgan fingerprint density at radius 1 is 1.05 bits per heavy atom. The highest BCUT2D eigenvalue weighted by Gasteiger charge is 2.47. The van der Waals surface area contributed by atoms with Crippen LogP contribution in [0.5, 0.6) is 0 Å². The lowest BCUT2D eigenvalue weighted by atomic mass is 9.52. The van der Waals surface area contributed by atoms with Crippen molar-refractivity contribution in [3.05, 3.63) is 70.9 Å². The van der Waals surface area contributed by atoms with Crippen LogP contribution in [0.4, 0.5) is 5.95 Å². The maximum Gasteiger partial charge on any atom is 0.349 e. The smallest absolute Gasteiger partial charge is 0.348 e. The number of piperazine rings is 1.